The zero-order valence-corrected chi connectivity index (χ0v) is 20.0. The molecule has 2 atom stereocenters. The first-order chi connectivity index (χ1) is 17.5. The highest BCUT2D eigenvalue weighted by Crippen LogP contribution is 2.27. The first-order valence-electron chi connectivity index (χ1n) is 12.1. The van der Waals surface area contributed by atoms with E-state index in [-0.39, 0.29) is 18.4 Å². The first-order valence-corrected chi connectivity index (χ1v) is 12.1. The minimum Gasteiger partial charge on any atom is -0.480 e. The molecule has 3 aromatic carbocycles. The summed E-state index contributed by atoms with van der Waals surface area (Å²) in [5, 5.41) is 12.6. The number of nitrogens with one attached hydrogen (secondary N) is 1. The third-order valence-corrected chi connectivity index (χ3v) is 6.09. The first kappa shape index (κ1) is 24.9. The zero-order valence-electron chi connectivity index (χ0n) is 20.0. The second-order valence-electron chi connectivity index (χ2n) is 8.83. The molecule has 36 heavy (non-hydrogen) atoms. The summed E-state index contributed by atoms with van der Waals surface area (Å²) in [5.74, 6) is -0.179. The minimum absolute atomic E-state index is 0.0666. The Morgan fingerprint density at radius 1 is 0.889 bits per heavy atom. The summed E-state index contributed by atoms with van der Waals surface area (Å²) < 4.78 is 0. The fraction of sp³-hybridized carbons (Fsp3) is 0.207. The fourth-order valence-electron chi connectivity index (χ4n) is 4.18. The number of hydrogen-bond acceptors (Lipinski definition) is 6. The molecule has 6 N–H and O–H groups in total. The van der Waals surface area contributed by atoms with Crippen LogP contribution in [0.15, 0.2) is 91.0 Å². The molecule has 0 aliphatic carbocycles. The van der Waals surface area contributed by atoms with E-state index in [4.69, 9.17) is 16.6 Å². The standard InChI is InChI=1S/C29H31N5O2/c30-24(28(35)36)18-21-14-16-23(17-15-21)26-19-27(34-29(31)33-26)32-25(22-11-5-2-6-12-22)13-7-10-20-8-3-1-4-9-20/h1-6,8-9,11-12,14-17,19,24-25H,7,10,13,18,30H2,(H,35,36)(H3,31,32,33,34)/t24-,25?/m0/s1. The van der Waals surface area contributed by atoms with Crippen LogP contribution in [0, 0.1) is 0 Å². The molecule has 1 aromatic heterocycles. The zero-order chi connectivity index (χ0) is 25.3. The lowest BCUT2D eigenvalue weighted by Gasteiger charge is -2.20. The van der Waals surface area contributed by atoms with Crippen molar-refractivity contribution < 1.29 is 9.90 Å². The smallest absolute Gasteiger partial charge is 0.320 e. The summed E-state index contributed by atoms with van der Waals surface area (Å²) in [5.41, 5.74) is 16.6. The second kappa shape index (κ2) is 12.0. The molecule has 4 rings (SSSR count). The molecule has 1 unspecified atom stereocenters. The maximum atomic E-state index is 11.0. The second-order valence-corrected chi connectivity index (χ2v) is 8.83. The molecule has 0 aliphatic heterocycles. The van der Waals surface area contributed by atoms with E-state index in [2.05, 4.69) is 51.7 Å². The number of carbonyl (C=O) groups is 1. The van der Waals surface area contributed by atoms with Crippen LogP contribution in [0.4, 0.5) is 11.8 Å². The quantitative estimate of drug-likeness (QED) is 0.241. The number of aliphatic carboxylic acids is 1. The van der Waals surface area contributed by atoms with Crippen molar-refractivity contribution in [3.05, 3.63) is 108 Å². The van der Waals surface area contributed by atoms with Gasteiger partial charge in [0.05, 0.1) is 11.7 Å². The Labute approximate surface area is 211 Å². The number of carboxylic acids is 1. The molecule has 0 spiro atoms. The molecule has 0 radical (unpaired) electrons. The van der Waals surface area contributed by atoms with Gasteiger partial charge in [-0.05, 0) is 42.4 Å². The van der Waals surface area contributed by atoms with Crippen molar-refractivity contribution in [3.8, 4) is 11.3 Å². The van der Waals surface area contributed by atoms with Gasteiger partial charge < -0.3 is 21.9 Å². The highest BCUT2D eigenvalue weighted by atomic mass is 16.4. The maximum Gasteiger partial charge on any atom is 0.320 e. The molecule has 0 bridgehead atoms. The lowest BCUT2D eigenvalue weighted by Crippen LogP contribution is -2.32. The van der Waals surface area contributed by atoms with Crippen molar-refractivity contribution in [1.29, 1.82) is 0 Å². The highest BCUT2D eigenvalue weighted by molar-refractivity contribution is 5.73. The van der Waals surface area contributed by atoms with Crippen molar-refractivity contribution >= 4 is 17.7 Å². The van der Waals surface area contributed by atoms with E-state index < -0.39 is 12.0 Å². The van der Waals surface area contributed by atoms with Gasteiger partial charge in [-0.15, -0.1) is 0 Å². The molecule has 1 heterocycles. The minimum atomic E-state index is -1.02. The van der Waals surface area contributed by atoms with Gasteiger partial charge in [-0.1, -0.05) is 84.9 Å². The van der Waals surface area contributed by atoms with Crippen LogP contribution in [0.25, 0.3) is 11.3 Å². The van der Waals surface area contributed by atoms with E-state index >= 15 is 0 Å². The normalized spacial score (nSPS) is 12.6. The average molecular weight is 482 g/mol. The van der Waals surface area contributed by atoms with Gasteiger partial charge >= 0.3 is 5.97 Å². The van der Waals surface area contributed by atoms with Crippen molar-refractivity contribution in [3.63, 3.8) is 0 Å². The molecule has 0 amide bonds. The van der Waals surface area contributed by atoms with Gasteiger partial charge in [0.2, 0.25) is 5.95 Å². The Morgan fingerprint density at radius 2 is 1.56 bits per heavy atom. The van der Waals surface area contributed by atoms with E-state index in [0.29, 0.717) is 11.5 Å². The number of carboxylic acid groups (broad SMARTS) is 1. The third-order valence-electron chi connectivity index (χ3n) is 6.09. The largest absolute Gasteiger partial charge is 0.480 e. The van der Waals surface area contributed by atoms with Crippen LogP contribution in [0.5, 0.6) is 0 Å². The predicted molar refractivity (Wildman–Crippen MR) is 143 cm³/mol. The van der Waals surface area contributed by atoms with Gasteiger partial charge in [-0.25, -0.2) is 4.98 Å². The lowest BCUT2D eigenvalue weighted by molar-refractivity contribution is -0.138. The van der Waals surface area contributed by atoms with Crippen LogP contribution in [0.2, 0.25) is 0 Å². The molecule has 0 saturated carbocycles. The molecular weight excluding hydrogens is 450 g/mol. The topological polar surface area (TPSA) is 127 Å². The van der Waals surface area contributed by atoms with Crippen molar-refractivity contribution in [2.45, 2.75) is 37.8 Å². The molecular formula is C29H31N5O2. The summed E-state index contributed by atoms with van der Waals surface area (Å²) in [6, 6.07) is 29.3. The number of benzene rings is 3. The molecule has 184 valence electrons. The van der Waals surface area contributed by atoms with E-state index in [0.717, 1.165) is 30.4 Å². The number of hydrogen-bond donors (Lipinski definition) is 4. The van der Waals surface area contributed by atoms with Gasteiger partial charge in [0.1, 0.15) is 11.9 Å². The fourth-order valence-corrected chi connectivity index (χ4v) is 4.18. The number of nitrogen functional groups attached to an aromatic ring is 1. The van der Waals surface area contributed by atoms with E-state index in [1.165, 1.54) is 11.1 Å². The molecule has 0 aliphatic rings. The van der Waals surface area contributed by atoms with Crippen LogP contribution >= 0.6 is 0 Å². The van der Waals surface area contributed by atoms with Gasteiger partial charge in [0, 0.05) is 11.6 Å². The van der Waals surface area contributed by atoms with Crippen LogP contribution in [-0.2, 0) is 17.6 Å². The summed E-state index contributed by atoms with van der Waals surface area (Å²) >= 11 is 0. The van der Waals surface area contributed by atoms with Crippen molar-refractivity contribution in [2.75, 3.05) is 11.1 Å². The summed E-state index contributed by atoms with van der Waals surface area (Å²) in [6.07, 6.45) is 3.21. The Balaban J connectivity index is 1.50. The number of anilines is 2. The molecule has 7 heteroatoms. The monoisotopic (exact) mass is 481 g/mol. The van der Waals surface area contributed by atoms with Crippen LogP contribution < -0.4 is 16.8 Å². The number of aromatic nitrogens is 2. The van der Waals surface area contributed by atoms with Gasteiger partial charge in [0.25, 0.3) is 0 Å². The van der Waals surface area contributed by atoms with Gasteiger partial charge in [0.15, 0.2) is 0 Å². The van der Waals surface area contributed by atoms with Crippen LogP contribution in [0.3, 0.4) is 0 Å². The maximum absolute atomic E-state index is 11.0. The molecule has 0 fully saturated rings. The Hall–Kier alpha value is -4.23. The highest BCUT2D eigenvalue weighted by Gasteiger charge is 2.15. The summed E-state index contributed by atoms with van der Waals surface area (Å²) in [7, 11) is 0. The van der Waals surface area contributed by atoms with Crippen molar-refractivity contribution in [1.82, 2.24) is 9.97 Å². The predicted octanol–water partition coefficient (Wildman–Crippen LogP) is 4.86. The summed E-state index contributed by atoms with van der Waals surface area (Å²) in [4.78, 5) is 19.9. The van der Waals surface area contributed by atoms with Crippen molar-refractivity contribution in [2.24, 2.45) is 5.73 Å². The summed E-state index contributed by atoms with van der Waals surface area (Å²) in [6.45, 7) is 0. The van der Waals surface area contributed by atoms with Gasteiger partial charge in [-0.3, -0.25) is 4.79 Å². The third kappa shape index (κ3) is 6.90. The molecule has 4 aromatic rings. The van der Waals surface area contributed by atoms with E-state index in [1.54, 1.807) is 0 Å². The number of rotatable bonds is 11. The lowest BCUT2D eigenvalue weighted by atomic mass is 9.99. The molecule has 0 saturated heterocycles. The van der Waals surface area contributed by atoms with E-state index in [9.17, 15) is 4.79 Å². The Bertz CT molecular complexity index is 1260. The number of nitrogens with two attached hydrogens (primary N) is 2. The Kier molecular flexibility index (Phi) is 8.26. The van der Waals surface area contributed by atoms with E-state index in [1.807, 2.05) is 54.6 Å². The van der Waals surface area contributed by atoms with Crippen LogP contribution in [-0.4, -0.2) is 27.1 Å². The number of nitrogens with zero attached hydrogens (tertiary/aromatic N) is 2. The SMILES string of the molecule is Nc1nc(NC(CCCc2ccccc2)c2ccccc2)cc(-c2ccc(C[C@H](N)C(=O)O)cc2)n1. The average Bonchev–Trinajstić information content (AvgIpc) is 2.89. The van der Waals surface area contributed by atoms with Crippen LogP contribution in [0.1, 0.15) is 35.6 Å². The molecule has 7 nitrogen and oxygen atoms in total. The van der Waals surface area contributed by atoms with Gasteiger partial charge in [-0.2, -0.15) is 4.98 Å². The Morgan fingerprint density at radius 3 is 2.22 bits per heavy atom. The number of aryl methyl sites for hydroxylation is 1.